The lowest BCUT2D eigenvalue weighted by molar-refractivity contribution is 0.414. The molecular weight excluding hydrogens is 288 g/mol. The first-order valence-electron chi connectivity index (χ1n) is 8.21. The molecule has 0 spiro atoms. The summed E-state index contributed by atoms with van der Waals surface area (Å²) in [6, 6.07) is 9.97. The van der Waals surface area contributed by atoms with Crippen LogP contribution in [0.3, 0.4) is 0 Å². The summed E-state index contributed by atoms with van der Waals surface area (Å²) in [5.41, 5.74) is 1.17. The van der Waals surface area contributed by atoms with Crippen molar-refractivity contribution in [2.45, 2.75) is 33.2 Å². The largest absolute Gasteiger partial charge is 0.497 e. The Morgan fingerprint density at radius 2 is 1.74 bits per heavy atom. The Kier molecular flexibility index (Phi) is 6.66. The maximum atomic E-state index is 5.17. The first kappa shape index (κ1) is 17.1. The highest BCUT2D eigenvalue weighted by Gasteiger charge is 2.07. The maximum Gasteiger partial charge on any atom is 0.224 e. The standard InChI is InChI=1S/C18H26N4O/c1-4-12-22(13-5-2)17-10-11-19-18(21-17)20-14-15-6-8-16(23-3)9-7-15/h6-11H,4-5,12-14H2,1-3H3,(H,19,20,21). The van der Waals surface area contributed by atoms with E-state index in [1.807, 2.05) is 36.5 Å². The fourth-order valence-corrected chi connectivity index (χ4v) is 2.42. The molecule has 0 amide bonds. The van der Waals surface area contributed by atoms with Gasteiger partial charge in [-0.3, -0.25) is 0 Å². The molecule has 1 heterocycles. The van der Waals surface area contributed by atoms with E-state index in [0.717, 1.165) is 37.5 Å². The SMILES string of the molecule is CCCN(CCC)c1ccnc(NCc2ccc(OC)cc2)n1. The van der Waals surface area contributed by atoms with Gasteiger partial charge in [0.15, 0.2) is 0 Å². The summed E-state index contributed by atoms with van der Waals surface area (Å²) in [7, 11) is 1.67. The fraction of sp³-hybridized carbons (Fsp3) is 0.444. The minimum atomic E-state index is 0.663. The van der Waals surface area contributed by atoms with Crippen LogP contribution in [0, 0.1) is 0 Å². The quantitative estimate of drug-likeness (QED) is 0.764. The summed E-state index contributed by atoms with van der Waals surface area (Å²) in [6.07, 6.45) is 4.04. The van der Waals surface area contributed by atoms with Gasteiger partial charge in [-0.2, -0.15) is 4.98 Å². The number of rotatable bonds is 9. The molecule has 0 aliphatic rings. The van der Waals surface area contributed by atoms with Gasteiger partial charge in [0.2, 0.25) is 5.95 Å². The number of anilines is 2. The highest BCUT2D eigenvalue weighted by atomic mass is 16.5. The van der Waals surface area contributed by atoms with E-state index >= 15 is 0 Å². The molecule has 2 rings (SSSR count). The summed E-state index contributed by atoms with van der Waals surface area (Å²) in [5, 5.41) is 3.29. The van der Waals surface area contributed by atoms with E-state index in [0.29, 0.717) is 12.5 Å². The zero-order valence-electron chi connectivity index (χ0n) is 14.2. The second-order valence-electron chi connectivity index (χ2n) is 5.43. The van der Waals surface area contributed by atoms with Gasteiger partial charge in [0.25, 0.3) is 0 Å². The Labute approximate surface area is 138 Å². The van der Waals surface area contributed by atoms with Crippen molar-refractivity contribution in [3.63, 3.8) is 0 Å². The number of hydrogen-bond acceptors (Lipinski definition) is 5. The molecule has 0 aliphatic carbocycles. The third kappa shape index (κ3) is 5.13. The Balaban J connectivity index is 2.00. The first-order chi connectivity index (χ1) is 11.3. The van der Waals surface area contributed by atoms with Gasteiger partial charge in [0.05, 0.1) is 7.11 Å². The van der Waals surface area contributed by atoms with Crippen molar-refractivity contribution in [2.75, 3.05) is 30.4 Å². The molecule has 2 aromatic rings. The van der Waals surface area contributed by atoms with E-state index in [9.17, 15) is 0 Å². The van der Waals surface area contributed by atoms with E-state index in [1.54, 1.807) is 7.11 Å². The topological polar surface area (TPSA) is 50.3 Å². The fourth-order valence-electron chi connectivity index (χ4n) is 2.42. The summed E-state index contributed by atoms with van der Waals surface area (Å²) in [6.45, 7) is 7.10. The van der Waals surface area contributed by atoms with Crippen molar-refractivity contribution in [1.29, 1.82) is 0 Å². The van der Waals surface area contributed by atoms with E-state index in [2.05, 4.69) is 34.0 Å². The Bertz CT molecular complexity index is 580. The molecule has 5 nitrogen and oxygen atoms in total. The van der Waals surface area contributed by atoms with Crippen LogP contribution in [0.5, 0.6) is 5.75 Å². The smallest absolute Gasteiger partial charge is 0.224 e. The zero-order chi connectivity index (χ0) is 16.5. The molecule has 0 saturated heterocycles. The van der Waals surface area contributed by atoms with Gasteiger partial charge in [-0.05, 0) is 36.6 Å². The van der Waals surface area contributed by atoms with Gasteiger partial charge < -0.3 is 15.0 Å². The monoisotopic (exact) mass is 314 g/mol. The number of benzene rings is 1. The molecule has 23 heavy (non-hydrogen) atoms. The van der Waals surface area contributed by atoms with E-state index in [1.165, 1.54) is 5.56 Å². The third-order valence-corrected chi connectivity index (χ3v) is 3.56. The Morgan fingerprint density at radius 3 is 2.35 bits per heavy atom. The lowest BCUT2D eigenvalue weighted by Crippen LogP contribution is -2.26. The van der Waals surface area contributed by atoms with E-state index < -0.39 is 0 Å². The molecular formula is C18H26N4O. The normalized spacial score (nSPS) is 10.4. The molecule has 1 N–H and O–H groups in total. The second-order valence-corrected chi connectivity index (χ2v) is 5.43. The van der Waals surface area contributed by atoms with Crippen molar-refractivity contribution < 1.29 is 4.74 Å². The first-order valence-corrected chi connectivity index (χ1v) is 8.21. The minimum Gasteiger partial charge on any atom is -0.497 e. The van der Waals surface area contributed by atoms with Gasteiger partial charge in [-0.25, -0.2) is 4.98 Å². The summed E-state index contributed by atoms with van der Waals surface area (Å²) >= 11 is 0. The summed E-state index contributed by atoms with van der Waals surface area (Å²) in [4.78, 5) is 11.3. The molecule has 0 aliphatic heterocycles. The number of aromatic nitrogens is 2. The highest BCUT2D eigenvalue weighted by molar-refractivity contribution is 5.42. The maximum absolute atomic E-state index is 5.17. The van der Waals surface area contributed by atoms with Crippen LogP contribution in [0.4, 0.5) is 11.8 Å². The predicted octanol–water partition coefficient (Wildman–Crippen LogP) is 3.72. The van der Waals surface area contributed by atoms with Crippen LogP contribution in [-0.4, -0.2) is 30.2 Å². The van der Waals surface area contributed by atoms with Crippen LogP contribution in [0.25, 0.3) is 0 Å². The summed E-state index contributed by atoms with van der Waals surface area (Å²) in [5.74, 6) is 2.51. The second kappa shape index (κ2) is 8.98. The van der Waals surface area contributed by atoms with E-state index in [4.69, 9.17) is 4.74 Å². The minimum absolute atomic E-state index is 0.663. The van der Waals surface area contributed by atoms with Crippen LogP contribution in [-0.2, 0) is 6.54 Å². The van der Waals surface area contributed by atoms with Crippen molar-refractivity contribution in [3.8, 4) is 5.75 Å². The van der Waals surface area contributed by atoms with Crippen LogP contribution >= 0.6 is 0 Å². The number of ether oxygens (including phenoxy) is 1. The van der Waals surface area contributed by atoms with Crippen LogP contribution in [0.1, 0.15) is 32.3 Å². The Hall–Kier alpha value is -2.30. The average molecular weight is 314 g/mol. The van der Waals surface area contributed by atoms with Gasteiger partial charge in [-0.15, -0.1) is 0 Å². The van der Waals surface area contributed by atoms with Crippen molar-refractivity contribution in [1.82, 2.24) is 9.97 Å². The molecule has 0 bridgehead atoms. The number of nitrogens with one attached hydrogen (secondary N) is 1. The number of nitrogens with zero attached hydrogens (tertiary/aromatic N) is 3. The van der Waals surface area contributed by atoms with Gasteiger partial charge >= 0.3 is 0 Å². The average Bonchev–Trinajstić information content (AvgIpc) is 2.60. The summed E-state index contributed by atoms with van der Waals surface area (Å²) < 4.78 is 5.17. The molecule has 0 fully saturated rings. The highest BCUT2D eigenvalue weighted by Crippen LogP contribution is 2.15. The molecule has 5 heteroatoms. The predicted molar refractivity (Wildman–Crippen MR) is 95.1 cm³/mol. The van der Waals surface area contributed by atoms with Crippen LogP contribution < -0.4 is 15.0 Å². The number of hydrogen-bond donors (Lipinski definition) is 1. The third-order valence-electron chi connectivity index (χ3n) is 3.56. The van der Waals surface area contributed by atoms with Gasteiger partial charge in [0.1, 0.15) is 11.6 Å². The van der Waals surface area contributed by atoms with Crippen molar-refractivity contribution >= 4 is 11.8 Å². The molecule has 1 aromatic heterocycles. The van der Waals surface area contributed by atoms with Gasteiger partial charge in [0, 0.05) is 25.8 Å². The van der Waals surface area contributed by atoms with Crippen molar-refractivity contribution in [2.24, 2.45) is 0 Å². The van der Waals surface area contributed by atoms with Crippen LogP contribution in [0.2, 0.25) is 0 Å². The molecule has 124 valence electrons. The lowest BCUT2D eigenvalue weighted by Gasteiger charge is -2.22. The van der Waals surface area contributed by atoms with Gasteiger partial charge in [-0.1, -0.05) is 26.0 Å². The molecule has 0 radical (unpaired) electrons. The van der Waals surface area contributed by atoms with Crippen molar-refractivity contribution in [3.05, 3.63) is 42.1 Å². The van der Waals surface area contributed by atoms with E-state index in [-0.39, 0.29) is 0 Å². The molecule has 0 unspecified atom stereocenters. The molecule has 1 aromatic carbocycles. The number of methoxy groups -OCH3 is 1. The molecule has 0 atom stereocenters. The lowest BCUT2D eigenvalue weighted by atomic mass is 10.2. The van der Waals surface area contributed by atoms with Crippen LogP contribution in [0.15, 0.2) is 36.5 Å². The molecule has 0 saturated carbocycles. The zero-order valence-corrected chi connectivity index (χ0v) is 14.2. The Morgan fingerprint density at radius 1 is 1.04 bits per heavy atom.